The van der Waals surface area contributed by atoms with E-state index < -0.39 is 5.97 Å². The molecule has 0 unspecified atom stereocenters. The summed E-state index contributed by atoms with van der Waals surface area (Å²) in [4.78, 5) is 19.6. The molecule has 0 saturated heterocycles. The van der Waals surface area contributed by atoms with E-state index >= 15 is 0 Å². The first kappa shape index (κ1) is 12.3. The van der Waals surface area contributed by atoms with E-state index in [0.29, 0.717) is 22.1 Å². The number of nitrogen functional groups attached to an aromatic ring is 1. The van der Waals surface area contributed by atoms with Gasteiger partial charge in [-0.05, 0) is 24.3 Å². The molecule has 1 heterocycles. The van der Waals surface area contributed by atoms with Gasteiger partial charge in [-0.25, -0.2) is 14.8 Å². The second-order valence-electron chi connectivity index (χ2n) is 3.48. The molecule has 0 aliphatic rings. The molecular weight excluding hydrogens is 254 g/mol. The van der Waals surface area contributed by atoms with Crippen LogP contribution in [0.25, 0.3) is 0 Å². The molecule has 0 atom stereocenters. The Morgan fingerprint density at radius 2 is 2.06 bits per heavy atom. The number of hydrogen-bond donors (Lipinski definition) is 1. The molecule has 0 saturated carbocycles. The molecule has 6 heteroatoms. The van der Waals surface area contributed by atoms with E-state index in [1.807, 2.05) is 0 Å². The van der Waals surface area contributed by atoms with Crippen LogP contribution >= 0.6 is 11.6 Å². The molecule has 2 N–H and O–H groups in total. The standard InChI is InChI=1S/C12H10ClN3O2/c13-9-6-8(2-3-10(9)14)12(17)18-7-11-15-4-1-5-16-11/h1-6H,7,14H2. The number of aromatic nitrogens is 2. The Morgan fingerprint density at radius 1 is 1.33 bits per heavy atom. The highest BCUT2D eigenvalue weighted by molar-refractivity contribution is 6.33. The number of ether oxygens (including phenoxy) is 1. The Bertz CT molecular complexity index is 561. The fourth-order valence-corrected chi connectivity index (χ4v) is 1.45. The zero-order chi connectivity index (χ0) is 13.0. The molecule has 1 aromatic heterocycles. The van der Waals surface area contributed by atoms with E-state index in [1.165, 1.54) is 6.07 Å². The van der Waals surface area contributed by atoms with Crippen LogP contribution < -0.4 is 5.73 Å². The summed E-state index contributed by atoms with van der Waals surface area (Å²) in [6.45, 7) is 0.0155. The van der Waals surface area contributed by atoms with Crippen molar-refractivity contribution in [2.24, 2.45) is 0 Å². The third-order valence-electron chi connectivity index (χ3n) is 2.19. The minimum absolute atomic E-state index is 0.0155. The highest BCUT2D eigenvalue weighted by Crippen LogP contribution is 2.20. The molecule has 2 rings (SSSR count). The largest absolute Gasteiger partial charge is 0.454 e. The summed E-state index contributed by atoms with van der Waals surface area (Å²) in [5, 5.41) is 0.320. The van der Waals surface area contributed by atoms with Gasteiger partial charge in [0.1, 0.15) is 0 Å². The highest BCUT2D eigenvalue weighted by Gasteiger charge is 2.09. The fraction of sp³-hybridized carbons (Fsp3) is 0.0833. The summed E-state index contributed by atoms with van der Waals surface area (Å²) in [5.41, 5.74) is 6.30. The van der Waals surface area contributed by atoms with Crippen LogP contribution in [0.4, 0.5) is 5.69 Å². The Morgan fingerprint density at radius 3 is 2.72 bits per heavy atom. The Hall–Kier alpha value is -2.14. The van der Waals surface area contributed by atoms with Crippen molar-refractivity contribution in [1.82, 2.24) is 9.97 Å². The van der Waals surface area contributed by atoms with E-state index in [0.717, 1.165) is 0 Å². The Balaban J connectivity index is 2.02. The van der Waals surface area contributed by atoms with Crippen molar-refractivity contribution in [2.45, 2.75) is 6.61 Å². The average molecular weight is 264 g/mol. The zero-order valence-electron chi connectivity index (χ0n) is 9.34. The molecule has 1 aromatic carbocycles. The van der Waals surface area contributed by atoms with Gasteiger partial charge in [0.25, 0.3) is 0 Å². The number of nitrogens with two attached hydrogens (primary N) is 1. The van der Waals surface area contributed by atoms with Crippen molar-refractivity contribution in [2.75, 3.05) is 5.73 Å². The van der Waals surface area contributed by atoms with Crippen LogP contribution in [0.15, 0.2) is 36.7 Å². The monoisotopic (exact) mass is 263 g/mol. The van der Waals surface area contributed by atoms with Crippen molar-refractivity contribution >= 4 is 23.3 Å². The van der Waals surface area contributed by atoms with E-state index in [-0.39, 0.29) is 6.61 Å². The number of halogens is 1. The van der Waals surface area contributed by atoms with Gasteiger partial charge in [0, 0.05) is 12.4 Å². The first-order valence-electron chi connectivity index (χ1n) is 5.15. The lowest BCUT2D eigenvalue weighted by atomic mass is 10.2. The second kappa shape index (κ2) is 5.46. The van der Waals surface area contributed by atoms with Gasteiger partial charge in [0.05, 0.1) is 16.3 Å². The number of rotatable bonds is 3. The van der Waals surface area contributed by atoms with Crippen molar-refractivity contribution in [3.8, 4) is 0 Å². The number of carbonyl (C=O) groups excluding carboxylic acids is 1. The van der Waals surface area contributed by atoms with Gasteiger partial charge in [-0.15, -0.1) is 0 Å². The van der Waals surface area contributed by atoms with Crippen molar-refractivity contribution in [3.05, 3.63) is 53.1 Å². The summed E-state index contributed by atoms with van der Waals surface area (Å²) < 4.78 is 5.05. The van der Waals surface area contributed by atoms with Crippen LogP contribution in [-0.4, -0.2) is 15.9 Å². The quantitative estimate of drug-likeness (QED) is 0.677. The van der Waals surface area contributed by atoms with Crippen molar-refractivity contribution in [3.63, 3.8) is 0 Å². The maximum Gasteiger partial charge on any atom is 0.338 e. The van der Waals surface area contributed by atoms with Crippen molar-refractivity contribution < 1.29 is 9.53 Å². The predicted octanol–water partition coefficient (Wildman–Crippen LogP) is 2.07. The van der Waals surface area contributed by atoms with Gasteiger partial charge in [-0.2, -0.15) is 0 Å². The molecule has 92 valence electrons. The lowest BCUT2D eigenvalue weighted by Crippen LogP contribution is -2.07. The second-order valence-corrected chi connectivity index (χ2v) is 3.88. The zero-order valence-corrected chi connectivity index (χ0v) is 10.1. The lowest BCUT2D eigenvalue weighted by Gasteiger charge is -2.05. The van der Waals surface area contributed by atoms with Gasteiger partial charge < -0.3 is 10.5 Å². The van der Waals surface area contributed by atoms with Crippen LogP contribution in [0.2, 0.25) is 5.02 Å². The SMILES string of the molecule is Nc1ccc(C(=O)OCc2ncccn2)cc1Cl. The maximum atomic E-state index is 11.7. The molecule has 0 spiro atoms. The number of hydrogen-bond acceptors (Lipinski definition) is 5. The van der Waals surface area contributed by atoms with Crippen LogP contribution in [-0.2, 0) is 11.3 Å². The van der Waals surface area contributed by atoms with Gasteiger partial charge in [0.2, 0.25) is 0 Å². The Kier molecular flexibility index (Phi) is 3.74. The maximum absolute atomic E-state index is 11.7. The van der Waals surface area contributed by atoms with E-state index in [2.05, 4.69) is 9.97 Å². The molecule has 0 aliphatic carbocycles. The number of anilines is 1. The van der Waals surface area contributed by atoms with Crippen LogP contribution in [0.3, 0.4) is 0 Å². The van der Waals surface area contributed by atoms with Crippen LogP contribution in [0.5, 0.6) is 0 Å². The highest BCUT2D eigenvalue weighted by atomic mass is 35.5. The smallest absolute Gasteiger partial charge is 0.338 e. The molecular formula is C12H10ClN3O2. The Labute approximate surface area is 109 Å². The third-order valence-corrected chi connectivity index (χ3v) is 2.52. The summed E-state index contributed by atoms with van der Waals surface area (Å²) in [5.74, 6) is -0.0586. The van der Waals surface area contributed by atoms with Gasteiger partial charge in [0.15, 0.2) is 12.4 Å². The minimum atomic E-state index is -0.496. The van der Waals surface area contributed by atoms with Crippen LogP contribution in [0.1, 0.15) is 16.2 Å². The summed E-state index contributed by atoms with van der Waals surface area (Å²) in [6, 6.07) is 6.25. The van der Waals surface area contributed by atoms with Crippen molar-refractivity contribution in [1.29, 1.82) is 0 Å². The minimum Gasteiger partial charge on any atom is -0.454 e. The van der Waals surface area contributed by atoms with Crippen LogP contribution in [0, 0.1) is 0 Å². The number of nitrogens with zero attached hydrogens (tertiary/aromatic N) is 2. The molecule has 0 amide bonds. The average Bonchev–Trinajstić information content (AvgIpc) is 2.40. The van der Waals surface area contributed by atoms with Gasteiger partial charge >= 0.3 is 5.97 Å². The normalized spacial score (nSPS) is 10.1. The topological polar surface area (TPSA) is 78.1 Å². The number of esters is 1. The predicted molar refractivity (Wildman–Crippen MR) is 67.0 cm³/mol. The molecule has 0 fully saturated rings. The third kappa shape index (κ3) is 2.95. The fourth-order valence-electron chi connectivity index (χ4n) is 1.27. The number of benzene rings is 1. The van der Waals surface area contributed by atoms with Gasteiger partial charge in [-0.1, -0.05) is 11.6 Å². The van der Waals surface area contributed by atoms with E-state index in [1.54, 1.807) is 30.6 Å². The summed E-state index contributed by atoms with van der Waals surface area (Å²) in [6.07, 6.45) is 3.16. The number of carbonyl (C=O) groups is 1. The van der Waals surface area contributed by atoms with E-state index in [9.17, 15) is 4.79 Å². The van der Waals surface area contributed by atoms with E-state index in [4.69, 9.17) is 22.1 Å². The molecule has 0 bridgehead atoms. The molecule has 0 radical (unpaired) electrons. The molecule has 18 heavy (non-hydrogen) atoms. The summed E-state index contributed by atoms with van der Waals surface area (Å²) >= 11 is 5.82. The van der Waals surface area contributed by atoms with Gasteiger partial charge in [-0.3, -0.25) is 0 Å². The molecule has 2 aromatic rings. The lowest BCUT2D eigenvalue weighted by molar-refractivity contribution is 0.0462. The summed E-state index contributed by atoms with van der Waals surface area (Å²) in [7, 11) is 0. The first-order chi connectivity index (χ1) is 8.66. The molecule has 5 nitrogen and oxygen atoms in total. The first-order valence-corrected chi connectivity index (χ1v) is 5.52. The molecule has 0 aliphatic heterocycles.